The van der Waals surface area contributed by atoms with Gasteiger partial charge in [0.2, 0.25) is 5.91 Å². The number of methoxy groups -OCH3 is 1. The van der Waals surface area contributed by atoms with Crippen molar-refractivity contribution in [2.75, 3.05) is 12.4 Å². The van der Waals surface area contributed by atoms with Crippen LogP contribution < -0.4 is 11.1 Å². The van der Waals surface area contributed by atoms with Crippen LogP contribution in [-0.4, -0.2) is 29.8 Å². The Balaban J connectivity index is 1.60. The second-order valence-electron chi connectivity index (χ2n) is 5.77. The number of hydrogen-bond acceptors (Lipinski definition) is 6. The highest BCUT2D eigenvalue weighted by Crippen LogP contribution is 2.16. The summed E-state index contributed by atoms with van der Waals surface area (Å²) in [6, 6.07) is 10.9. The molecular weight excluding hydrogens is 352 g/mol. The molecule has 8 heteroatoms. The fraction of sp³-hybridized carbons (Fsp3) is 0.158. The fourth-order valence-corrected chi connectivity index (χ4v) is 2.56. The van der Waals surface area contributed by atoms with Crippen LogP contribution in [0.4, 0.5) is 5.69 Å². The maximum atomic E-state index is 12.3. The molecule has 3 rings (SSSR count). The molecule has 0 saturated carbocycles. The Labute approximate surface area is 153 Å². The first-order valence-corrected chi connectivity index (χ1v) is 8.10. The minimum Gasteiger partial charge on any atom is -0.465 e. The van der Waals surface area contributed by atoms with Gasteiger partial charge in [0.15, 0.2) is 11.4 Å². The van der Waals surface area contributed by atoms with Crippen LogP contribution in [0, 0.1) is 0 Å². The van der Waals surface area contributed by atoms with Gasteiger partial charge in [0.1, 0.15) is 0 Å². The van der Waals surface area contributed by atoms with Gasteiger partial charge in [-0.15, -0.1) is 0 Å². The number of carbonyl (C=O) groups excluding carboxylic acids is 3. The summed E-state index contributed by atoms with van der Waals surface area (Å²) in [4.78, 5) is 49.5. The molecule has 0 aliphatic carbocycles. The predicted octanol–water partition coefficient (Wildman–Crippen LogP) is 2.51. The van der Waals surface area contributed by atoms with E-state index in [1.165, 1.54) is 19.2 Å². The summed E-state index contributed by atoms with van der Waals surface area (Å²) in [7, 11) is 1.27. The molecule has 1 aromatic heterocycles. The van der Waals surface area contributed by atoms with Crippen molar-refractivity contribution in [3.63, 3.8) is 0 Å². The molecule has 3 aromatic rings. The van der Waals surface area contributed by atoms with Crippen LogP contribution in [0.15, 0.2) is 51.7 Å². The Morgan fingerprint density at radius 2 is 1.89 bits per heavy atom. The molecule has 0 unspecified atom stereocenters. The molecule has 0 aliphatic rings. The van der Waals surface area contributed by atoms with E-state index in [4.69, 9.17) is 4.42 Å². The molecule has 0 spiro atoms. The monoisotopic (exact) mass is 368 g/mol. The van der Waals surface area contributed by atoms with Crippen LogP contribution in [0.3, 0.4) is 0 Å². The number of H-pyrrole nitrogens is 1. The van der Waals surface area contributed by atoms with Crippen molar-refractivity contribution in [2.45, 2.75) is 12.8 Å². The average Bonchev–Trinajstić information content (AvgIpc) is 3.04. The number of ether oxygens (including phenoxy) is 1. The Kier molecular flexibility index (Phi) is 5.16. The van der Waals surface area contributed by atoms with E-state index in [1.807, 2.05) is 0 Å². The quantitative estimate of drug-likeness (QED) is 0.510. The number of esters is 1. The Morgan fingerprint density at radius 1 is 1.07 bits per heavy atom. The minimum atomic E-state index is -0.594. The Hall–Kier alpha value is -3.68. The molecule has 0 saturated heterocycles. The van der Waals surface area contributed by atoms with Gasteiger partial charge in [0, 0.05) is 24.1 Å². The van der Waals surface area contributed by atoms with E-state index in [0.29, 0.717) is 22.3 Å². The van der Waals surface area contributed by atoms with Crippen LogP contribution in [0.25, 0.3) is 11.1 Å². The number of oxazole rings is 1. The Morgan fingerprint density at radius 3 is 2.67 bits per heavy atom. The van der Waals surface area contributed by atoms with Gasteiger partial charge in [-0.05, 0) is 36.4 Å². The van der Waals surface area contributed by atoms with Crippen molar-refractivity contribution in [1.82, 2.24) is 4.98 Å². The zero-order valence-electron chi connectivity index (χ0n) is 14.4. The summed E-state index contributed by atoms with van der Waals surface area (Å²) in [5.74, 6) is -1.71. The molecule has 138 valence electrons. The number of anilines is 1. The summed E-state index contributed by atoms with van der Waals surface area (Å²) in [6.45, 7) is 0. The molecule has 0 aliphatic heterocycles. The molecule has 2 N–H and O–H groups in total. The van der Waals surface area contributed by atoms with Crippen molar-refractivity contribution in [3.05, 3.63) is 64.1 Å². The summed E-state index contributed by atoms with van der Waals surface area (Å²) in [5, 5.41) is 2.64. The predicted molar refractivity (Wildman–Crippen MR) is 96.8 cm³/mol. The fourth-order valence-electron chi connectivity index (χ4n) is 2.56. The van der Waals surface area contributed by atoms with E-state index >= 15 is 0 Å². The highest BCUT2D eigenvalue weighted by Gasteiger charge is 2.13. The molecule has 0 bridgehead atoms. The third-order valence-corrected chi connectivity index (χ3v) is 3.89. The van der Waals surface area contributed by atoms with Crippen LogP contribution in [0.1, 0.15) is 33.6 Å². The van der Waals surface area contributed by atoms with Crippen LogP contribution in [0.5, 0.6) is 0 Å². The summed E-state index contributed by atoms with van der Waals surface area (Å²) in [6.07, 6.45) is -0.0426. The van der Waals surface area contributed by atoms with Gasteiger partial charge in [-0.2, -0.15) is 0 Å². The van der Waals surface area contributed by atoms with Crippen LogP contribution in [0.2, 0.25) is 0 Å². The second-order valence-corrected chi connectivity index (χ2v) is 5.77. The number of benzene rings is 2. The lowest BCUT2D eigenvalue weighted by molar-refractivity contribution is -0.116. The van der Waals surface area contributed by atoms with Crippen molar-refractivity contribution in [1.29, 1.82) is 0 Å². The lowest BCUT2D eigenvalue weighted by Gasteiger charge is -2.07. The lowest BCUT2D eigenvalue weighted by Crippen LogP contribution is -2.14. The molecular formula is C19H16N2O6. The summed E-state index contributed by atoms with van der Waals surface area (Å²) in [5.41, 5.74) is 1.89. The van der Waals surface area contributed by atoms with Gasteiger partial charge < -0.3 is 14.5 Å². The van der Waals surface area contributed by atoms with Crippen molar-refractivity contribution in [2.24, 2.45) is 0 Å². The third kappa shape index (κ3) is 4.30. The summed E-state index contributed by atoms with van der Waals surface area (Å²) >= 11 is 0. The number of ketones is 1. The van der Waals surface area contributed by atoms with Crippen molar-refractivity contribution >= 4 is 34.4 Å². The van der Waals surface area contributed by atoms with E-state index in [2.05, 4.69) is 15.0 Å². The molecule has 0 fully saturated rings. The molecule has 0 radical (unpaired) electrons. The van der Waals surface area contributed by atoms with Crippen molar-refractivity contribution < 1.29 is 23.5 Å². The number of Topliss-reactive ketones (excluding diaryl/α,β-unsaturated/α-hetero) is 1. The number of rotatable bonds is 6. The normalized spacial score (nSPS) is 10.6. The van der Waals surface area contributed by atoms with E-state index in [0.717, 1.165) is 0 Å². The standard InChI is InChI=1S/C19H16N2O6/c1-26-18(24)12-3-2-4-13(9-12)20-17(23)8-7-15(22)11-5-6-14-16(10-11)27-19(25)21-14/h2-6,9-10H,7-8H2,1H3,(H,20,23)(H,21,25). The van der Waals surface area contributed by atoms with Gasteiger partial charge in [-0.1, -0.05) is 6.07 Å². The topological polar surface area (TPSA) is 118 Å². The molecule has 2 aromatic carbocycles. The smallest absolute Gasteiger partial charge is 0.417 e. The first-order chi connectivity index (χ1) is 13.0. The molecule has 8 nitrogen and oxygen atoms in total. The SMILES string of the molecule is COC(=O)c1cccc(NC(=O)CCC(=O)c2ccc3[nH]c(=O)oc3c2)c1. The third-order valence-electron chi connectivity index (χ3n) is 3.89. The first-order valence-electron chi connectivity index (χ1n) is 8.10. The van der Waals surface area contributed by atoms with Crippen molar-refractivity contribution in [3.8, 4) is 0 Å². The zero-order valence-corrected chi connectivity index (χ0v) is 14.4. The average molecular weight is 368 g/mol. The molecule has 0 atom stereocenters. The summed E-state index contributed by atoms with van der Waals surface area (Å²) < 4.78 is 9.55. The van der Waals surface area contributed by atoms with Crippen LogP contribution >= 0.6 is 0 Å². The van der Waals surface area contributed by atoms with Gasteiger partial charge >= 0.3 is 11.7 Å². The number of nitrogens with one attached hydrogen (secondary N) is 2. The second kappa shape index (κ2) is 7.69. The number of amides is 1. The molecule has 1 heterocycles. The van der Waals surface area contributed by atoms with E-state index in [1.54, 1.807) is 30.3 Å². The van der Waals surface area contributed by atoms with Crippen LogP contribution in [-0.2, 0) is 9.53 Å². The maximum Gasteiger partial charge on any atom is 0.417 e. The Bertz CT molecular complexity index is 1080. The number of aromatic amines is 1. The van der Waals surface area contributed by atoms with E-state index < -0.39 is 11.7 Å². The van der Waals surface area contributed by atoms with Gasteiger partial charge in [-0.25, -0.2) is 9.59 Å². The molecule has 27 heavy (non-hydrogen) atoms. The van der Waals surface area contributed by atoms with Gasteiger partial charge in [0.05, 0.1) is 18.2 Å². The maximum absolute atomic E-state index is 12.3. The number of carbonyl (C=O) groups is 3. The highest BCUT2D eigenvalue weighted by molar-refractivity contribution is 6.01. The lowest BCUT2D eigenvalue weighted by atomic mass is 10.1. The minimum absolute atomic E-state index is 0.0112. The zero-order chi connectivity index (χ0) is 19.4. The number of aromatic nitrogens is 1. The van der Waals surface area contributed by atoms with E-state index in [-0.39, 0.29) is 30.1 Å². The molecule has 1 amide bonds. The first kappa shape index (κ1) is 18.1. The highest BCUT2D eigenvalue weighted by atomic mass is 16.5. The number of fused-ring (bicyclic) bond motifs is 1. The van der Waals surface area contributed by atoms with Gasteiger partial charge in [0.25, 0.3) is 0 Å². The largest absolute Gasteiger partial charge is 0.465 e. The van der Waals surface area contributed by atoms with E-state index in [9.17, 15) is 19.2 Å². The number of hydrogen-bond donors (Lipinski definition) is 2. The van der Waals surface area contributed by atoms with Gasteiger partial charge in [-0.3, -0.25) is 14.6 Å².